The lowest BCUT2D eigenvalue weighted by molar-refractivity contribution is -0.137. The van der Waals surface area contributed by atoms with E-state index in [1.54, 1.807) is 15.5 Å². The molecule has 1 saturated carbocycles. The normalized spacial score (nSPS) is 23.0. The first-order chi connectivity index (χ1) is 24.0. The summed E-state index contributed by atoms with van der Waals surface area (Å²) in [5.41, 5.74) is -0.207. The summed E-state index contributed by atoms with van der Waals surface area (Å²) in [6.07, 6.45) is 2.28. The van der Waals surface area contributed by atoms with Crippen molar-refractivity contribution in [2.24, 2.45) is 5.92 Å². The average Bonchev–Trinajstić information content (AvgIpc) is 3.54. The number of carbonyl (C=O) groups is 2. The van der Waals surface area contributed by atoms with E-state index in [0.717, 1.165) is 23.8 Å². The fourth-order valence-corrected chi connectivity index (χ4v) is 8.57. The first-order valence-corrected chi connectivity index (χ1v) is 16.8. The lowest BCUT2D eigenvalue weighted by Crippen LogP contribution is -2.69. The van der Waals surface area contributed by atoms with Crippen molar-refractivity contribution in [2.45, 2.75) is 62.7 Å². The molecule has 5 heterocycles. The van der Waals surface area contributed by atoms with Crippen LogP contribution in [0.1, 0.15) is 65.2 Å². The number of rotatable bonds is 5. The maximum absolute atomic E-state index is 14.6. The monoisotopic (exact) mass is 709 g/mol. The summed E-state index contributed by atoms with van der Waals surface area (Å²) in [5, 5.41) is 17.4. The number of anilines is 1. The highest BCUT2D eigenvalue weighted by atomic mass is 35.5. The molecular formula is C34H31ClF3N7O5. The second-order valence-corrected chi connectivity index (χ2v) is 13.6. The van der Waals surface area contributed by atoms with Gasteiger partial charge in [0, 0.05) is 35.5 Å². The summed E-state index contributed by atoms with van der Waals surface area (Å²) >= 11 is 6.16. The fourth-order valence-electron chi connectivity index (χ4n) is 8.34. The summed E-state index contributed by atoms with van der Waals surface area (Å²) in [6.45, 7) is 0.932. The van der Waals surface area contributed by atoms with Gasteiger partial charge < -0.3 is 24.6 Å². The van der Waals surface area contributed by atoms with Crippen LogP contribution in [0.2, 0.25) is 5.02 Å². The van der Waals surface area contributed by atoms with Gasteiger partial charge in [-0.15, -0.1) is 5.10 Å². The number of alkyl halides is 3. The Morgan fingerprint density at radius 1 is 1.16 bits per heavy atom. The van der Waals surface area contributed by atoms with Crippen LogP contribution in [0.25, 0.3) is 11.4 Å². The Morgan fingerprint density at radius 2 is 2.00 bits per heavy atom. The van der Waals surface area contributed by atoms with Gasteiger partial charge in [0.05, 0.1) is 29.5 Å². The van der Waals surface area contributed by atoms with E-state index in [4.69, 9.17) is 21.3 Å². The number of aromatic hydroxyl groups is 1. The minimum absolute atomic E-state index is 0.00189. The van der Waals surface area contributed by atoms with Gasteiger partial charge in [-0.1, -0.05) is 17.7 Å². The molecule has 2 amide bonds. The molecule has 2 fully saturated rings. The van der Waals surface area contributed by atoms with Gasteiger partial charge >= 0.3 is 6.18 Å². The summed E-state index contributed by atoms with van der Waals surface area (Å²) in [7, 11) is 0. The predicted octanol–water partition coefficient (Wildman–Crippen LogP) is 4.61. The Bertz CT molecular complexity index is 2160. The van der Waals surface area contributed by atoms with E-state index < -0.39 is 29.0 Å². The number of amides is 2. The third-order valence-corrected chi connectivity index (χ3v) is 11.0. The highest BCUT2D eigenvalue weighted by Gasteiger charge is 2.62. The number of halogens is 4. The quantitative estimate of drug-likeness (QED) is 0.306. The van der Waals surface area contributed by atoms with Crippen molar-refractivity contribution >= 4 is 40.5 Å². The highest BCUT2D eigenvalue weighted by molar-refractivity contribution is 6.33. The zero-order chi connectivity index (χ0) is 34.9. The van der Waals surface area contributed by atoms with Crippen LogP contribution in [-0.2, 0) is 34.1 Å². The molecule has 2 aliphatic carbocycles. The van der Waals surface area contributed by atoms with E-state index in [-0.39, 0.29) is 52.0 Å². The molecule has 2 N–H and O–H groups in total. The standard InChI is InChI=1S/C34H31ClF3N7O5/c35-21-16-20(34(36,37)38)3-5-22(21)40-26(47)17-44-23-6-4-19-8-13-43(31(49)28-24(46)2-1-12-39-28)25-7-11-33(19,25)27(23)30(48)45-32(44)41-29(42-45)18-9-14-50-15-10-18/h1-3,5,9,12,16,19,25,46H,4,6-8,10-11,13-15,17H2,(H,40,47)/t19-,25+,33-/m1/s1. The van der Waals surface area contributed by atoms with Crippen LogP contribution >= 0.6 is 11.6 Å². The molecule has 0 unspecified atom stereocenters. The first-order valence-electron chi connectivity index (χ1n) is 16.4. The summed E-state index contributed by atoms with van der Waals surface area (Å²) in [6, 6.07) is 5.28. The van der Waals surface area contributed by atoms with Gasteiger partial charge in [-0.2, -0.15) is 22.7 Å². The van der Waals surface area contributed by atoms with Crippen LogP contribution in [-0.4, -0.2) is 71.8 Å². The molecule has 12 nitrogen and oxygen atoms in total. The van der Waals surface area contributed by atoms with Gasteiger partial charge in [0.1, 0.15) is 12.3 Å². The van der Waals surface area contributed by atoms with Crippen molar-refractivity contribution < 1.29 is 32.6 Å². The molecule has 16 heteroatoms. The molecule has 50 heavy (non-hydrogen) atoms. The third kappa shape index (κ3) is 5.08. The number of nitrogens with one attached hydrogen (secondary N) is 1. The van der Waals surface area contributed by atoms with Gasteiger partial charge in [0.15, 0.2) is 11.5 Å². The second-order valence-electron chi connectivity index (χ2n) is 13.1. The summed E-state index contributed by atoms with van der Waals surface area (Å²) in [5.74, 6) is -0.672. The van der Waals surface area contributed by atoms with E-state index in [1.807, 2.05) is 6.08 Å². The van der Waals surface area contributed by atoms with E-state index in [9.17, 15) is 32.7 Å². The number of ether oxygens (including phenoxy) is 1. The molecule has 8 rings (SSSR count). The first kappa shape index (κ1) is 32.4. The molecule has 4 aliphatic rings. The number of nitrogens with zero attached hydrogens (tertiary/aromatic N) is 6. The van der Waals surface area contributed by atoms with Gasteiger partial charge in [0.25, 0.3) is 11.5 Å². The number of hydrogen-bond acceptors (Lipinski definition) is 8. The molecule has 4 aromatic rings. The van der Waals surface area contributed by atoms with E-state index in [1.165, 1.54) is 16.8 Å². The topological polar surface area (TPSA) is 144 Å². The molecular weight excluding hydrogens is 679 g/mol. The highest BCUT2D eigenvalue weighted by Crippen LogP contribution is 2.58. The lowest BCUT2D eigenvalue weighted by atomic mass is 9.48. The predicted molar refractivity (Wildman–Crippen MR) is 174 cm³/mol. The number of pyridine rings is 1. The number of benzene rings is 1. The molecule has 260 valence electrons. The number of hydrogen-bond donors (Lipinski definition) is 2. The number of piperidine rings is 1. The third-order valence-electron chi connectivity index (χ3n) is 10.7. The molecule has 3 atom stereocenters. The van der Waals surface area contributed by atoms with E-state index in [2.05, 4.69) is 15.4 Å². The zero-order valence-corrected chi connectivity index (χ0v) is 27.3. The smallest absolute Gasteiger partial charge is 0.416 e. The Hall–Kier alpha value is -4.76. The Labute approximate surface area is 287 Å². The van der Waals surface area contributed by atoms with Crippen molar-refractivity contribution in [3.8, 4) is 5.75 Å². The maximum atomic E-state index is 14.6. The van der Waals surface area contributed by atoms with Gasteiger partial charge in [-0.05, 0) is 80.3 Å². The minimum Gasteiger partial charge on any atom is -0.505 e. The minimum atomic E-state index is -4.61. The Morgan fingerprint density at radius 3 is 2.70 bits per heavy atom. The fraction of sp³-hybridized carbons (Fsp3) is 0.412. The van der Waals surface area contributed by atoms with Crippen molar-refractivity contribution in [1.82, 2.24) is 29.0 Å². The van der Waals surface area contributed by atoms with E-state index in [0.29, 0.717) is 75.4 Å². The average molecular weight is 710 g/mol. The van der Waals surface area contributed by atoms with Gasteiger partial charge in [0.2, 0.25) is 11.7 Å². The van der Waals surface area contributed by atoms with E-state index >= 15 is 0 Å². The van der Waals surface area contributed by atoms with Crippen molar-refractivity contribution in [3.05, 3.63) is 86.3 Å². The number of likely N-dealkylation sites (tertiary alicyclic amines) is 1. The summed E-state index contributed by atoms with van der Waals surface area (Å²) in [4.78, 5) is 52.7. The van der Waals surface area contributed by atoms with Crippen molar-refractivity contribution in [2.75, 3.05) is 25.1 Å². The molecule has 2 aliphatic heterocycles. The van der Waals surface area contributed by atoms with Crippen LogP contribution in [0.15, 0.2) is 47.4 Å². The second kappa shape index (κ2) is 11.9. The zero-order valence-electron chi connectivity index (χ0n) is 26.5. The number of carbonyl (C=O) groups excluding carboxylic acids is 2. The molecule has 0 radical (unpaired) electrons. The van der Waals surface area contributed by atoms with Crippen LogP contribution < -0.4 is 10.9 Å². The number of aromatic nitrogens is 5. The number of fused-ring (bicyclic) bond motifs is 2. The molecule has 1 aromatic carbocycles. The van der Waals surface area contributed by atoms with Gasteiger partial charge in [-0.25, -0.2) is 4.98 Å². The van der Waals surface area contributed by atoms with Crippen molar-refractivity contribution in [1.29, 1.82) is 0 Å². The maximum Gasteiger partial charge on any atom is 0.416 e. The Kier molecular flexibility index (Phi) is 7.75. The molecule has 0 bridgehead atoms. The molecule has 1 saturated heterocycles. The lowest BCUT2D eigenvalue weighted by Gasteiger charge is -2.63. The van der Waals surface area contributed by atoms with Crippen molar-refractivity contribution in [3.63, 3.8) is 0 Å². The van der Waals surface area contributed by atoms with Crippen LogP contribution in [0.4, 0.5) is 18.9 Å². The molecule has 3 aromatic heterocycles. The largest absolute Gasteiger partial charge is 0.505 e. The van der Waals surface area contributed by atoms with Gasteiger partial charge in [-0.3, -0.25) is 14.4 Å². The van der Waals surface area contributed by atoms with Crippen LogP contribution in [0.5, 0.6) is 5.75 Å². The SMILES string of the molecule is O=C(Cn1c2c(c(=O)n3nc(C4=CCOCC4)nc13)[C@@]13CC[C@@H]1N(C(=O)c1ncccc1O)CC[C@H]3CC2)Nc1ccc(C(F)(F)F)cc1Cl. The molecule has 1 spiro atoms. The van der Waals surface area contributed by atoms with Crippen LogP contribution in [0.3, 0.4) is 0 Å². The van der Waals surface area contributed by atoms with Crippen LogP contribution in [0, 0.1) is 5.92 Å². The Balaban J connectivity index is 1.23. The summed E-state index contributed by atoms with van der Waals surface area (Å²) < 4.78 is 48.1.